The predicted octanol–water partition coefficient (Wildman–Crippen LogP) is 5.97. The first-order valence-electron chi connectivity index (χ1n) is 15.3. The molecule has 2 amide bonds. The van der Waals surface area contributed by atoms with Crippen molar-refractivity contribution in [3.63, 3.8) is 0 Å². The fourth-order valence-corrected chi connectivity index (χ4v) is 6.40. The van der Waals surface area contributed by atoms with Gasteiger partial charge in [0.1, 0.15) is 24.2 Å². The molecule has 10 heteroatoms. The van der Waals surface area contributed by atoms with Crippen LogP contribution in [0.1, 0.15) is 38.3 Å². The van der Waals surface area contributed by atoms with Crippen molar-refractivity contribution in [3.8, 4) is 5.75 Å². The number of benzene rings is 4. The molecule has 0 aliphatic carbocycles. The Kier molecular flexibility index (Phi) is 11.9. The Balaban J connectivity index is 1.83. The molecular weight excluding hydrogens is 605 g/mol. The zero-order valence-corrected chi connectivity index (χ0v) is 27.1. The largest absolute Gasteiger partial charge is 0.492 e. The molecule has 0 fully saturated rings. The monoisotopic (exact) mass is 645 g/mol. The van der Waals surface area contributed by atoms with E-state index in [0.29, 0.717) is 12.0 Å². The number of sulfonamides is 1. The van der Waals surface area contributed by atoms with Crippen molar-refractivity contribution in [2.45, 2.75) is 57.1 Å². The van der Waals surface area contributed by atoms with Gasteiger partial charge in [0.05, 0.1) is 17.2 Å². The van der Waals surface area contributed by atoms with Gasteiger partial charge in [0.25, 0.3) is 10.0 Å². The van der Waals surface area contributed by atoms with Gasteiger partial charge in [0.15, 0.2) is 0 Å². The van der Waals surface area contributed by atoms with Crippen LogP contribution in [0.15, 0.2) is 114 Å². The van der Waals surface area contributed by atoms with Crippen LogP contribution in [0.5, 0.6) is 5.75 Å². The van der Waals surface area contributed by atoms with E-state index < -0.39 is 34.3 Å². The smallest absolute Gasteiger partial charge is 0.264 e. The topological polar surface area (TPSA) is 96.0 Å². The third-order valence-corrected chi connectivity index (χ3v) is 9.36. The van der Waals surface area contributed by atoms with E-state index in [1.54, 1.807) is 61.5 Å². The number of carbonyl (C=O) groups excluding carboxylic acids is 2. The molecule has 0 radical (unpaired) electrons. The summed E-state index contributed by atoms with van der Waals surface area (Å²) in [7, 11) is -4.27. The number of para-hydroxylation sites is 2. The molecule has 4 rings (SSSR count). The average Bonchev–Trinajstić information content (AvgIpc) is 3.07. The molecule has 0 heterocycles. The molecule has 0 aliphatic heterocycles. The Hall–Kier alpha value is -4.70. The minimum Gasteiger partial charge on any atom is -0.492 e. The van der Waals surface area contributed by atoms with Gasteiger partial charge >= 0.3 is 0 Å². The van der Waals surface area contributed by atoms with E-state index in [1.165, 1.54) is 29.2 Å². The van der Waals surface area contributed by atoms with E-state index in [9.17, 15) is 22.4 Å². The third-order valence-electron chi connectivity index (χ3n) is 7.58. The summed E-state index contributed by atoms with van der Waals surface area (Å²) < 4.78 is 49.1. The lowest BCUT2D eigenvalue weighted by molar-refractivity contribution is -0.140. The van der Waals surface area contributed by atoms with Gasteiger partial charge in [-0.15, -0.1) is 0 Å². The SMILES string of the molecule is CCOc1ccccc1N(CC(=O)N(Cc1ccc(F)cc1)[C@@H](Cc1ccccc1)C(=O)N[C@@H](C)CC)S(=O)(=O)c1ccccc1. The number of halogens is 1. The molecule has 0 bridgehead atoms. The summed E-state index contributed by atoms with van der Waals surface area (Å²) in [6.07, 6.45) is 0.851. The molecule has 4 aromatic carbocycles. The lowest BCUT2D eigenvalue weighted by Crippen LogP contribution is -2.54. The van der Waals surface area contributed by atoms with Crippen molar-refractivity contribution in [1.82, 2.24) is 10.2 Å². The highest BCUT2D eigenvalue weighted by Gasteiger charge is 2.35. The number of amides is 2. The quantitative estimate of drug-likeness (QED) is 0.172. The summed E-state index contributed by atoms with van der Waals surface area (Å²) in [6, 6.07) is 28.3. The van der Waals surface area contributed by atoms with Gasteiger partial charge in [-0.2, -0.15) is 0 Å². The van der Waals surface area contributed by atoms with Crippen molar-refractivity contribution < 1.29 is 27.1 Å². The second kappa shape index (κ2) is 16.0. The van der Waals surface area contributed by atoms with Crippen LogP contribution in [0.3, 0.4) is 0 Å². The van der Waals surface area contributed by atoms with E-state index in [-0.39, 0.29) is 47.9 Å². The van der Waals surface area contributed by atoms with E-state index in [4.69, 9.17) is 4.74 Å². The minimum absolute atomic E-state index is 0.00506. The highest BCUT2D eigenvalue weighted by molar-refractivity contribution is 7.92. The van der Waals surface area contributed by atoms with Crippen molar-refractivity contribution in [3.05, 3.63) is 126 Å². The molecule has 4 aromatic rings. The maximum Gasteiger partial charge on any atom is 0.264 e. The minimum atomic E-state index is -4.27. The van der Waals surface area contributed by atoms with Gasteiger partial charge in [-0.1, -0.05) is 79.7 Å². The summed E-state index contributed by atoms with van der Waals surface area (Å²) in [6.45, 7) is 5.20. The molecule has 8 nitrogen and oxygen atoms in total. The zero-order valence-electron chi connectivity index (χ0n) is 26.3. The maximum absolute atomic E-state index is 14.6. The summed E-state index contributed by atoms with van der Waals surface area (Å²) in [5.41, 5.74) is 1.59. The van der Waals surface area contributed by atoms with Crippen molar-refractivity contribution in [1.29, 1.82) is 0 Å². The van der Waals surface area contributed by atoms with Crippen molar-refractivity contribution >= 4 is 27.5 Å². The number of hydrogen-bond acceptors (Lipinski definition) is 5. The molecule has 0 saturated carbocycles. The van der Waals surface area contributed by atoms with Crippen LogP contribution >= 0.6 is 0 Å². The molecule has 46 heavy (non-hydrogen) atoms. The van der Waals surface area contributed by atoms with Crippen molar-refractivity contribution in [2.75, 3.05) is 17.5 Å². The van der Waals surface area contributed by atoms with Gasteiger partial charge < -0.3 is 15.0 Å². The van der Waals surface area contributed by atoms with Crippen LogP contribution in [0.25, 0.3) is 0 Å². The Morgan fingerprint density at radius 1 is 0.826 bits per heavy atom. The number of rotatable bonds is 15. The number of carbonyl (C=O) groups is 2. The molecule has 0 spiro atoms. The second-order valence-corrected chi connectivity index (χ2v) is 12.8. The maximum atomic E-state index is 14.6. The Bertz CT molecular complexity index is 1690. The van der Waals surface area contributed by atoms with Crippen molar-refractivity contribution in [2.24, 2.45) is 0 Å². The fraction of sp³-hybridized carbons (Fsp3) is 0.278. The number of nitrogens with zero attached hydrogens (tertiary/aromatic N) is 2. The van der Waals surface area contributed by atoms with E-state index >= 15 is 0 Å². The Morgan fingerprint density at radius 3 is 2.07 bits per heavy atom. The number of nitrogens with one attached hydrogen (secondary N) is 1. The van der Waals surface area contributed by atoms with Gasteiger partial charge in [0.2, 0.25) is 11.8 Å². The number of hydrogen-bond donors (Lipinski definition) is 1. The van der Waals surface area contributed by atoms with Crippen LogP contribution in [0.2, 0.25) is 0 Å². The average molecular weight is 646 g/mol. The number of anilines is 1. The first kappa shape index (κ1) is 34.2. The summed E-state index contributed by atoms with van der Waals surface area (Å²) in [5, 5.41) is 3.00. The fourth-order valence-electron chi connectivity index (χ4n) is 4.96. The molecule has 1 N–H and O–H groups in total. The van der Waals surface area contributed by atoms with Gasteiger partial charge in [-0.3, -0.25) is 13.9 Å². The van der Waals surface area contributed by atoms with Gasteiger partial charge in [0, 0.05) is 19.0 Å². The molecular formula is C36H40FN3O5S. The zero-order chi connectivity index (χ0) is 33.1. The lowest BCUT2D eigenvalue weighted by Gasteiger charge is -2.34. The lowest BCUT2D eigenvalue weighted by atomic mass is 10.0. The highest BCUT2D eigenvalue weighted by Crippen LogP contribution is 2.33. The van der Waals surface area contributed by atoms with Gasteiger partial charge in [-0.05, 0) is 67.8 Å². The Labute approximate surface area is 270 Å². The predicted molar refractivity (Wildman–Crippen MR) is 177 cm³/mol. The molecule has 0 saturated heterocycles. The number of ether oxygens (including phenoxy) is 1. The first-order chi connectivity index (χ1) is 22.1. The van der Waals surface area contributed by atoms with Crippen LogP contribution in [-0.2, 0) is 32.6 Å². The molecule has 0 aliphatic rings. The van der Waals surface area contributed by atoms with Gasteiger partial charge in [-0.25, -0.2) is 12.8 Å². The highest BCUT2D eigenvalue weighted by atomic mass is 32.2. The molecule has 242 valence electrons. The van der Waals surface area contributed by atoms with E-state index in [2.05, 4.69) is 5.32 Å². The molecule has 2 atom stereocenters. The first-order valence-corrected chi connectivity index (χ1v) is 16.8. The van der Waals surface area contributed by atoms with Crippen LogP contribution < -0.4 is 14.4 Å². The van der Waals surface area contributed by atoms with Crippen LogP contribution in [0.4, 0.5) is 10.1 Å². The van der Waals surface area contributed by atoms with E-state index in [1.807, 2.05) is 44.2 Å². The second-order valence-electron chi connectivity index (χ2n) is 10.9. The van der Waals surface area contributed by atoms with Crippen LogP contribution in [0, 0.1) is 5.82 Å². The summed E-state index contributed by atoms with van der Waals surface area (Å²) in [5.74, 6) is -1.14. The standard InChI is InChI=1S/C36H40FN3O5S/c1-4-27(3)38-36(42)33(24-28-14-8-6-9-15-28)39(25-29-20-22-30(37)23-21-29)35(41)26-40(32-18-12-13-19-34(32)45-5-2)46(43,44)31-16-10-7-11-17-31/h6-23,27,33H,4-5,24-26H2,1-3H3,(H,38,42)/t27-,33-/m0/s1. The molecule has 0 unspecified atom stereocenters. The molecule has 0 aromatic heterocycles. The Morgan fingerprint density at radius 2 is 1.43 bits per heavy atom. The summed E-state index contributed by atoms with van der Waals surface area (Å²) >= 11 is 0. The van der Waals surface area contributed by atoms with Crippen LogP contribution in [-0.4, -0.2) is 50.4 Å². The summed E-state index contributed by atoms with van der Waals surface area (Å²) in [4.78, 5) is 29.8. The van der Waals surface area contributed by atoms with E-state index in [0.717, 1.165) is 9.87 Å². The third kappa shape index (κ3) is 8.72. The normalized spacial score (nSPS) is 12.5.